The Kier molecular flexibility index (Phi) is 57.1. The van der Waals surface area contributed by atoms with E-state index in [0.717, 1.165) is 148 Å². The van der Waals surface area contributed by atoms with E-state index in [9.17, 15) is 19.0 Å². The molecule has 0 saturated carbocycles. The van der Waals surface area contributed by atoms with Crippen LogP contribution >= 0.6 is 7.82 Å². The summed E-state index contributed by atoms with van der Waals surface area (Å²) in [7, 11) is 1.42. The van der Waals surface area contributed by atoms with E-state index in [1.54, 1.807) is 0 Å². The maximum atomic E-state index is 12.8. The van der Waals surface area contributed by atoms with E-state index in [2.05, 4.69) is 196 Å². The number of ether oxygens (including phenoxy) is 2. The molecule has 2 atom stereocenters. The lowest BCUT2D eigenvalue weighted by Gasteiger charge is -2.24. The summed E-state index contributed by atoms with van der Waals surface area (Å²) in [6.07, 6.45) is 93.9. The van der Waals surface area contributed by atoms with Gasteiger partial charge in [0.25, 0.3) is 0 Å². The molecular weight excluding hydrogens is 1040 g/mol. The maximum absolute atomic E-state index is 12.8. The molecule has 82 heavy (non-hydrogen) atoms. The lowest BCUT2D eigenvalue weighted by atomic mass is 10.1. The third-order valence-corrected chi connectivity index (χ3v) is 13.4. The lowest BCUT2D eigenvalue weighted by molar-refractivity contribution is -0.870. The number of carbonyl (C=O) groups excluding carboxylic acids is 2. The van der Waals surface area contributed by atoms with Gasteiger partial charge in [-0.05, 0) is 135 Å². The number of rotatable bonds is 55. The number of carbonyl (C=O) groups is 2. The molecule has 0 aromatic heterocycles. The number of quaternary nitrogens is 1. The van der Waals surface area contributed by atoms with Crippen LogP contribution in [-0.2, 0) is 32.7 Å². The van der Waals surface area contributed by atoms with Gasteiger partial charge in [-0.3, -0.25) is 18.6 Å². The molecule has 0 bridgehead atoms. The minimum absolute atomic E-state index is 0.0132. The minimum Gasteiger partial charge on any atom is -0.462 e. The van der Waals surface area contributed by atoms with Crippen LogP contribution < -0.4 is 0 Å². The molecule has 0 aliphatic carbocycles. The van der Waals surface area contributed by atoms with Gasteiger partial charge in [0, 0.05) is 12.8 Å². The molecule has 0 aliphatic heterocycles. The van der Waals surface area contributed by atoms with E-state index >= 15 is 0 Å². The zero-order valence-electron chi connectivity index (χ0n) is 52.1. The molecule has 10 heteroatoms. The first-order valence-corrected chi connectivity index (χ1v) is 33.0. The number of esters is 2. The van der Waals surface area contributed by atoms with Gasteiger partial charge < -0.3 is 18.9 Å². The fraction of sp³-hybridized carbons (Fsp3) is 0.556. The summed E-state index contributed by atoms with van der Waals surface area (Å²) in [5.41, 5.74) is 0. The van der Waals surface area contributed by atoms with Crippen LogP contribution in [0.2, 0.25) is 0 Å². The Morgan fingerprint density at radius 3 is 0.976 bits per heavy atom. The second-order valence-electron chi connectivity index (χ2n) is 21.3. The second-order valence-corrected chi connectivity index (χ2v) is 22.8. The van der Waals surface area contributed by atoms with Gasteiger partial charge in [0.1, 0.15) is 19.8 Å². The largest absolute Gasteiger partial charge is 0.472 e. The zero-order chi connectivity index (χ0) is 59.8. The van der Waals surface area contributed by atoms with Crippen molar-refractivity contribution in [2.75, 3.05) is 47.5 Å². The lowest BCUT2D eigenvalue weighted by Crippen LogP contribution is -2.37. The predicted molar refractivity (Wildman–Crippen MR) is 352 cm³/mol. The molecule has 0 amide bonds. The zero-order valence-corrected chi connectivity index (χ0v) is 53.0. The minimum atomic E-state index is -4.41. The van der Waals surface area contributed by atoms with Crippen molar-refractivity contribution in [3.05, 3.63) is 182 Å². The van der Waals surface area contributed by atoms with Crippen LogP contribution in [0.4, 0.5) is 0 Å². The first-order chi connectivity index (χ1) is 40.0. The maximum Gasteiger partial charge on any atom is 0.472 e. The highest BCUT2D eigenvalue weighted by Gasteiger charge is 2.27. The number of hydrogen-bond donors (Lipinski definition) is 1. The monoisotopic (exact) mass is 1150 g/mol. The Morgan fingerprint density at radius 2 is 0.659 bits per heavy atom. The third-order valence-electron chi connectivity index (χ3n) is 12.4. The molecule has 1 N–H and O–H groups in total. The Labute approximate surface area is 501 Å². The molecule has 0 aromatic rings. The number of unbranched alkanes of at least 4 members (excludes halogenated alkanes) is 11. The van der Waals surface area contributed by atoms with Crippen LogP contribution in [-0.4, -0.2) is 74.9 Å². The molecule has 0 spiro atoms. The van der Waals surface area contributed by atoms with E-state index in [4.69, 9.17) is 18.5 Å². The van der Waals surface area contributed by atoms with E-state index in [1.165, 1.54) is 19.3 Å². The predicted octanol–water partition coefficient (Wildman–Crippen LogP) is 20.4. The molecule has 460 valence electrons. The molecule has 0 saturated heterocycles. The van der Waals surface area contributed by atoms with Gasteiger partial charge in [-0.25, -0.2) is 4.57 Å². The smallest absolute Gasteiger partial charge is 0.462 e. The first-order valence-electron chi connectivity index (χ1n) is 31.5. The molecular formula is C72H115NO8P+. The quantitative estimate of drug-likeness (QED) is 0.0211. The van der Waals surface area contributed by atoms with Crippen LogP contribution in [0.1, 0.15) is 206 Å². The highest BCUT2D eigenvalue weighted by molar-refractivity contribution is 7.47. The molecule has 0 aromatic carbocycles. The Balaban J connectivity index is 4.27. The average molecular weight is 1150 g/mol. The molecule has 0 fully saturated rings. The summed E-state index contributed by atoms with van der Waals surface area (Å²) in [4.78, 5) is 35.8. The van der Waals surface area contributed by atoms with Crippen molar-refractivity contribution in [1.29, 1.82) is 0 Å². The van der Waals surface area contributed by atoms with Crippen molar-refractivity contribution < 1.29 is 42.1 Å². The molecule has 2 unspecified atom stereocenters. The third kappa shape index (κ3) is 64.3. The number of allylic oxidation sites excluding steroid dienone is 30. The standard InChI is InChI=1S/C72H114NO8P/c1-6-8-10-12-14-16-18-20-22-24-26-28-30-31-32-33-34-35-36-37-38-39-40-41-43-45-47-49-51-53-55-57-59-61-63-65-72(75)81-70(69-80-82(76,77)79-67-66-73(3,4)5)68-78-71(74)64-62-60-58-56-54-52-50-48-46-44-42-29-27-25-23-21-19-17-15-13-11-9-7-2/h8-11,14-17,20-23,26-29,31-32,34-35,37-38,40-41,44-47,51,53,70H,6-7,12-13,18-19,24-25,30,33,36,39,42-43,48-50,52,54-69H2,1-5H3/p+1/b10-8-,11-9-,16-14-,17-15-,22-20-,23-21-,28-26-,29-27-,32-31-,35-34-,38-37-,41-40-,46-44-,47-45-,53-51-. The fourth-order valence-corrected chi connectivity index (χ4v) is 8.40. The molecule has 0 heterocycles. The first kappa shape index (κ1) is 77.1. The van der Waals surface area contributed by atoms with Crippen LogP contribution in [0, 0.1) is 0 Å². The number of phosphoric acid groups is 1. The topological polar surface area (TPSA) is 108 Å². The van der Waals surface area contributed by atoms with Gasteiger partial charge in [-0.15, -0.1) is 0 Å². The van der Waals surface area contributed by atoms with Crippen LogP contribution in [0.15, 0.2) is 182 Å². The summed E-state index contributed by atoms with van der Waals surface area (Å²) in [6.45, 7) is 4.13. The van der Waals surface area contributed by atoms with Crippen molar-refractivity contribution in [1.82, 2.24) is 0 Å². The SMILES string of the molecule is CC/C=C\C/C=C\C/C=C\C/C=C\C/C=C\C/C=C\C/C=C\C/C=C\C/C=C\C/C=C\CCCCCCC(=O)OC(COC(=O)CCCCCCCCC/C=C\C/C=C\C/C=C\C/C=C\C/C=C\CC)COP(=O)(O)OCC[N+](C)(C)C. The van der Waals surface area contributed by atoms with Crippen LogP contribution in [0.5, 0.6) is 0 Å². The summed E-state index contributed by atoms with van der Waals surface area (Å²) in [5, 5.41) is 0. The van der Waals surface area contributed by atoms with E-state index in [1.807, 2.05) is 21.1 Å². The Hall–Kier alpha value is -4.89. The van der Waals surface area contributed by atoms with Crippen molar-refractivity contribution in [3.8, 4) is 0 Å². The molecule has 0 radical (unpaired) electrons. The van der Waals surface area contributed by atoms with Crippen LogP contribution in [0.25, 0.3) is 0 Å². The van der Waals surface area contributed by atoms with E-state index in [0.29, 0.717) is 23.9 Å². The van der Waals surface area contributed by atoms with Gasteiger partial charge in [0.05, 0.1) is 27.7 Å². The Morgan fingerprint density at radius 1 is 0.378 bits per heavy atom. The molecule has 0 aliphatic rings. The van der Waals surface area contributed by atoms with Gasteiger partial charge in [0.15, 0.2) is 6.10 Å². The van der Waals surface area contributed by atoms with Gasteiger partial charge in [-0.2, -0.15) is 0 Å². The normalized spacial score (nSPS) is 14.5. The summed E-state index contributed by atoms with van der Waals surface area (Å²) in [5.74, 6) is -0.856. The van der Waals surface area contributed by atoms with Crippen molar-refractivity contribution in [2.24, 2.45) is 0 Å². The van der Waals surface area contributed by atoms with Crippen molar-refractivity contribution >= 4 is 19.8 Å². The van der Waals surface area contributed by atoms with E-state index in [-0.39, 0.29) is 26.1 Å². The fourth-order valence-electron chi connectivity index (χ4n) is 7.66. The van der Waals surface area contributed by atoms with Crippen molar-refractivity contribution in [3.63, 3.8) is 0 Å². The number of phosphoric ester groups is 1. The number of likely N-dealkylation sites (N-methyl/N-ethyl adjacent to an activating group) is 1. The van der Waals surface area contributed by atoms with Gasteiger partial charge >= 0.3 is 19.8 Å². The highest BCUT2D eigenvalue weighted by atomic mass is 31.2. The van der Waals surface area contributed by atoms with E-state index < -0.39 is 32.5 Å². The molecule has 0 rings (SSSR count). The number of nitrogens with zero attached hydrogens (tertiary/aromatic N) is 1. The molecule has 9 nitrogen and oxygen atoms in total. The number of hydrogen-bond acceptors (Lipinski definition) is 7. The summed E-state index contributed by atoms with van der Waals surface area (Å²) in [6, 6.07) is 0. The second kappa shape index (κ2) is 60.7. The van der Waals surface area contributed by atoms with Crippen LogP contribution in [0.3, 0.4) is 0 Å². The van der Waals surface area contributed by atoms with Gasteiger partial charge in [-0.1, -0.05) is 241 Å². The Bertz CT molecular complexity index is 2030. The van der Waals surface area contributed by atoms with Gasteiger partial charge in [0.2, 0.25) is 0 Å². The average Bonchev–Trinajstić information content (AvgIpc) is 3.45. The van der Waals surface area contributed by atoms with Crippen molar-refractivity contribution in [2.45, 2.75) is 213 Å². The summed E-state index contributed by atoms with van der Waals surface area (Å²) >= 11 is 0. The highest BCUT2D eigenvalue weighted by Crippen LogP contribution is 2.43. The summed E-state index contributed by atoms with van der Waals surface area (Å²) < 4.78 is 34.6.